The molecule has 5 rings (SSSR count). The molecule has 1 aliphatic heterocycles. The highest BCUT2D eigenvalue weighted by Crippen LogP contribution is 2.15. The van der Waals surface area contributed by atoms with E-state index >= 15 is 0 Å². The molecule has 0 atom stereocenters. The second-order valence-corrected chi connectivity index (χ2v) is 8.10. The molecule has 3 heterocycles. The number of amides is 1. The Bertz CT molecular complexity index is 1320. The number of piperazine rings is 1. The molecule has 1 N–H and O–H groups in total. The largest absolute Gasteiger partial charge is 0.336 e. The van der Waals surface area contributed by atoms with Gasteiger partial charge in [0.15, 0.2) is 5.82 Å². The lowest BCUT2D eigenvalue weighted by atomic mass is 10.1. The maximum absolute atomic E-state index is 12.8. The van der Waals surface area contributed by atoms with Crippen LogP contribution in [0.3, 0.4) is 0 Å². The number of carbonyl (C=O) groups is 1. The number of hydrogen-bond acceptors (Lipinski definition) is 5. The van der Waals surface area contributed by atoms with Gasteiger partial charge in [0, 0.05) is 49.9 Å². The first-order valence-corrected chi connectivity index (χ1v) is 10.7. The van der Waals surface area contributed by atoms with Gasteiger partial charge >= 0.3 is 0 Å². The Morgan fingerprint density at radius 2 is 1.75 bits per heavy atom. The van der Waals surface area contributed by atoms with Crippen LogP contribution in [-0.2, 0) is 6.54 Å². The van der Waals surface area contributed by atoms with Gasteiger partial charge in [0.25, 0.3) is 17.2 Å². The van der Waals surface area contributed by atoms with Crippen molar-refractivity contribution in [3.8, 4) is 11.4 Å². The van der Waals surface area contributed by atoms with E-state index in [1.165, 1.54) is 4.52 Å². The van der Waals surface area contributed by atoms with Crippen molar-refractivity contribution < 1.29 is 4.79 Å². The van der Waals surface area contributed by atoms with Crippen molar-refractivity contribution >= 4 is 11.7 Å². The lowest BCUT2D eigenvalue weighted by molar-refractivity contribution is 0.0627. The summed E-state index contributed by atoms with van der Waals surface area (Å²) in [6.45, 7) is 5.29. The van der Waals surface area contributed by atoms with E-state index in [-0.39, 0.29) is 11.5 Å². The van der Waals surface area contributed by atoms with E-state index in [1.54, 1.807) is 6.07 Å². The van der Waals surface area contributed by atoms with Crippen LogP contribution in [0.1, 0.15) is 21.6 Å². The second-order valence-electron chi connectivity index (χ2n) is 8.10. The van der Waals surface area contributed by atoms with Crippen molar-refractivity contribution in [1.29, 1.82) is 0 Å². The number of carbonyl (C=O) groups excluding carboxylic acids is 1. The summed E-state index contributed by atoms with van der Waals surface area (Å²) in [5, 5.41) is 3.02. The molecule has 0 radical (unpaired) electrons. The van der Waals surface area contributed by atoms with Crippen LogP contribution in [0, 0.1) is 6.92 Å². The summed E-state index contributed by atoms with van der Waals surface area (Å²) in [4.78, 5) is 38.5. The molecular weight excluding hydrogens is 404 g/mol. The third-order valence-electron chi connectivity index (χ3n) is 5.74. The molecule has 1 amide bonds. The highest BCUT2D eigenvalue weighted by molar-refractivity contribution is 5.94. The number of nitrogens with one attached hydrogen (secondary N) is 1. The van der Waals surface area contributed by atoms with Gasteiger partial charge in [-0.25, -0.2) is 4.98 Å². The average molecular weight is 428 g/mol. The molecule has 8 nitrogen and oxygen atoms in total. The summed E-state index contributed by atoms with van der Waals surface area (Å²) in [5.74, 6) is 1.03. The lowest BCUT2D eigenvalue weighted by Crippen LogP contribution is -2.48. The smallest absolute Gasteiger partial charge is 0.274 e. The summed E-state index contributed by atoms with van der Waals surface area (Å²) >= 11 is 0. The van der Waals surface area contributed by atoms with Crippen molar-refractivity contribution in [3.63, 3.8) is 0 Å². The first-order valence-electron chi connectivity index (χ1n) is 10.7. The molecule has 0 aliphatic carbocycles. The Kier molecular flexibility index (Phi) is 5.28. The minimum Gasteiger partial charge on any atom is -0.336 e. The zero-order chi connectivity index (χ0) is 22.1. The van der Waals surface area contributed by atoms with Gasteiger partial charge in [-0.05, 0) is 19.1 Å². The van der Waals surface area contributed by atoms with Gasteiger partial charge in [-0.2, -0.15) is 9.50 Å². The first-order chi connectivity index (χ1) is 15.6. The molecule has 1 fully saturated rings. The third-order valence-corrected chi connectivity index (χ3v) is 5.74. The maximum atomic E-state index is 12.8. The number of fused-ring (bicyclic) bond motifs is 1. The van der Waals surface area contributed by atoms with Crippen molar-refractivity contribution in [2.45, 2.75) is 13.5 Å². The Morgan fingerprint density at radius 1 is 0.969 bits per heavy atom. The Balaban J connectivity index is 1.27. The Labute approximate surface area is 185 Å². The molecule has 8 heteroatoms. The van der Waals surface area contributed by atoms with E-state index in [1.807, 2.05) is 66.4 Å². The molecule has 32 heavy (non-hydrogen) atoms. The summed E-state index contributed by atoms with van der Waals surface area (Å²) in [7, 11) is 0. The summed E-state index contributed by atoms with van der Waals surface area (Å²) in [6.07, 6.45) is 0. The molecule has 2 aromatic carbocycles. The highest BCUT2D eigenvalue weighted by Gasteiger charge is 2.23. The fourth-order valence-corrected chi connectivity index (χ4v) is 4.03. The number of nitrogens with zero attached hydrogens (tertiary/aromatic N) is 5. The minimum atomic E-state index is -0.187. The van der Waals surface area contributed by atoms with E-state index in [0.29, 0.717) is 36.9 Å². The van der Waals surface area contributed by atoms with Crippen LogP contribution in [0.25, 0.3) is 17.2 Å². The SMILES string of the molecule is Cc1cccc(C(=O)N2CCN(Cc3cc(=O)n4[nH]c(-c5ccccc5)nc4n3)CC2)c1. The standard InChI is InChI=1S/C24H24N6O2/c1-17-6-5-9-19(14-17)23(32)29-12-10-28(11-13-29)16-20-15-21(31)30-24(25-20)26-22(27-30)18-7-3-2-4-8-18/h2-9,14-15H,10-13,16H2,1H3,(H,25,26,27). The Hall–Kier alpha value is -3.78. The van der Waals surface area contributed by atoms with Gasteiger partial charge in [-0.15, -0.1) is 0 Å². The topological polar surface area (TPSA) is 86.6 Å². The number of rotatable bonds is 4. The number of aromatic amines is 1. The van der Waals surface area contributed by atoms with Crippen LogP contribution in [0.5, 0.6) is 0 Å². The second kappa shape index (κ2) is 8.39. The normalized spacial score (nSPS) is 14.7. The fraction of sp³-hybridized carbons (Fsp3) is 0.250. The number of H-pyrrole nitrogens is 1. The van der Waals surface area contributed by atoms with Gasteiger partial charge in [-0.1, -0.05) is 48.0 Å². The molecule has 0 bridgehead atoms. The Morgan fingerprint density at radius 3 is 2.50 bits per heavy atom. The predicted molar refractivity (Wildman–Crippen MR) is 121 cm³/mol. The fourth-order valence-electron chi connectivity index (χ4n) is 4.03. The number of aryl methyl sites for hydroxylation is 1. The molecule has 162 valence electrons. The monoisotopic (exact) mass is 428 g/mol. The molecule has 1 aliphatic rings. The third kappa shape index (κ3) is 4.04. The number of benzene rings is 2. The average Bonchev–Trinajstić information content (AvgIpc) is 3.25. The lowest BCUT2D eigenvalue weighted by Gasteiger charge is -2.34. The first kappa shape index (κ1) is 20.1. The van der Waals surface area contributed by atoms with Crippen LogP contribution in [0.2, 0.25) is 0 Å². The van der Waals surface area contributed by atoms with Gasteiger partial charge < -0.3 is 4.90 Å². The van der Waals surface area contributed by atoms with Crippen LogP contribution >= 0.6 is 0 Å². The summed E-state index contributed by atoms with van der Waals surface area (Å²) in [6, 6.07) is 18.9. The molecule has 1 saturated heterocycles. The summed E-state index contributed by atoms with van der Waals surface area (Å²) < 4.78 is 1.37. The molecule has 4 aromatic rings. The van der Waals surface area contributed by atoms with E-state index in [0.717, 1.165) is 29.8 Å². The van der Waals surface area contributed by atoms with Crippen molar-refractivity contribution in [2.75, 3.05) is 26.2 Å². The van der Waals surface area contributed by atoms with Crippen LogP contribution in [0.15, 0.2) is 65.5 Å². The van der Waals surface area contributed by atoms with E-state index < -0.39 is 0 Å². The van der Waals surface area contributed by atoms with Crippen LogP contribution < -0.4 is 5.56 Å². The number of hydrogen-bond donors (Lipinski definition) is 1. The zero-order valence-electron chi connectivity index (χ0n) is 17.9. The van der Waals surface area contributed by atoms with Gasteiger partial charge in [0.2, 0.25) is 0 Å². The van der Waals surface area contributed by atoms with Crippen molar-refractivity contribution in [2.24, 2.45) is 0 Å². The van der Waals surface area contributed by atoms with Gasteiger partial charge in [-0.3, -0.25) is 19.6 Å². The van der Waals surface area contributed by atoms with Crippen molar-refractivity contribution in [1.82, 2.24) is 29.4 Å². The predicted octanol–water partition coefficient (Wildman–Crippen LogP) is 2.35. The van der Waals surface area contributed by atoms with Gasteiger partial charge in [0.05, 0.1) is 5.69 Å². The molecular formula is C24H24N6O2. The van der Waals surface area contributed by atoms with Crippen molar-refractivity contribution in [3.05, 3.63) is 87.8 Å². The quantitative estimate of drug-likeness (QED) is 0.539. The number of aromatic nitrogens is 4. The maximum Gasteiger partial charge on any atom is 0.274 e. The minimum absolute atomic E-state index is 0.0658. The highest BCUT2D eigenvalue weighted by atomic mass is 16.2. The van der Waals surface area contributed by atoms with E-state index in [4.69, 9.17) is 0 Å². The molecule has 0 unspecified atom stereocenters. The van der Waals surface area contributed by atoms with Crippen LogP contribution in [0.4, 0.5) is 0 Å². The molecule has 0 saturated carbocycles. The molecule has 2 aromatic heterocycles. The van der Waals surface area contributed by atoms with Crippen LogP contribution in [-0.4, -0.2) is 61.5 Å². The van der Waals surface area contributed by atoms with E-state index in [2.05, 4.69) is 20.0 Å². The summed E-state index contributed by atoms with van der Waals surface area (Å²) in [5.41, 5.74) is 3.20. The zero-order valence-corrected chi connectivity index (χ0v) is 17.9. The van der Waals surface area contributed by atoms with E-state index in [9.17, 15) is 9.59 Å². The van der Waals surface area contributed by atoms with Gasteiger partial charge in [0.1, 0.15) is 0 Å². The molecule has 0 spiro atoms.